The molecule has 0 spiro atoms. The number of halogens is 2. The van der Waals surface area contributed by atoms with E-state index in [-0.39, 0.29) is 28.6 Å². The maximum Gasteiger partial charge on any atom is 0.256 e. The van der Waals surface area contributed by atoms with Crippen LogP contribution in [0.5, 0.6) is 5.75 Å². The summed E-state index contributed by atoms with van der Waals surface area (Å²) >= 11 is 13.3. The highest BCUT2D eigenvalue weighted by molar-refractivity contribution is 6.39. The molecule has 2 aromatic heterocycles. The van der Waals surface area contributed by atoms with Crippen molar-refractivity contribution in [2.75, 3.05) is 13.7 Å². The molecule has 0 radical (unpaired) electrons. The summed E-state index contributed by atoms with van der Waals surface area (Å²) in [6.45, 7) is 5.44. The van der Waals surface area contributed by atoms with E-state index in [4.69, 9.17) is 32.5 Å². The molecule has 1 aliphatic rings. The molecule has 1 amide bonds. The lowest BCUT2D eigenvalue weighted by molar-refractivity contribution is 0.0725. The first-order chi connectivity index (χ1) is 15.6. The molecular formula is C23H23Cl2N3O5. The summed E-state index contributed by atoms with van der Waals surface area (Å²) in [6, 6.07) is 3.39. The van der Waals surface area contributed by atoms with Gasteiger partial charge in [0.2, 0.25) is 0 Å². The van der Waals surface area contributed by atoms with Crippen molar-refractivity contribution in [1.82, 2.24) is 15.0 Å². The van der Waals surface area contributed by atoms with Gasteiger partial charge in [-0.15, -0.1) is 0 Å². The summed E-state index contributed by atoms with van der Waals surface area (Å²) in [7, 11) is 1.48. The van der Waals surface area contributed by atoms with Crippen LogP contribution in [0.25, 0.3) is 11.1 Å². The fraction of sp³-hybridized carbons (Fsp3) is 0.348. The SMILES string of the molecule is COc1cc(C)[nH]c(=O)c1CN1CCc2c(Cl)cc(-c3c(C(C)O)noc3C)c(Cl)c2C1=O. The summed E-state index contributed by atoms with van der Waals surface area (Å²) in [5.41, 5.74) is 2.87. The lowest BCUT2D eigenvalue weighted by atomic mass is 9.92. The average Bonchev–Trinajstić information content (AvgIpc) is 3.14. The first-order valence-electron chi connectivity index (χ1n) is 10.4. The first-order valence-corrected chi connectivity index (χ1v) is 11.1. The number of hydrogen-bond acceptors (Lipinski definition) is 6. The number of aromatic nitrogens is 2. The fourth-order valence-corrected chi connectivity index (χ4v) is 4.82. The van der Waals surface area contributed by atoms with Crippen LogP contribution in [0, 0.1) is 13.8 Å². The van der Waals surface area contributed by atoms with Crippen LogP contribution in [0.4, 0.5) is 0 Å². The third-order valence-electron chi connectivity index (χ3n) is 5.80. The van der Waals surface area contributed by atoms with Crippen LogP contribution in [0.3, 0.4) is 0 Å². The van der Waals surface area contributed by atoms with Crippen molar-refractivity contribution in [2.24, 2.45) is 0 Å². The highest BCUT2D eigenvalue weighted by Gasteiger charge is 2.33. The van der Waals surface area contributed by atoms with Crippen LogP contribution in [0.15, 0.2) is 21.5 Å². The van der Waals surface area contributed by atoms with E-state index >= 15 is 0 Å². The summed E-state index contributed by atoms with van der Waals surface area (Å²) < 4.78 is 10.6. The number of nitrogens with one attached hydrogen (secondary N) is 1. The number of methoxy groups -OCH3 is 1. The van der Waals surface area contributed by atoms with Crippen molar-refractivity contribution in [3.8, 4) is 16.9 Å². The largest absolute Gasteiger partial charge is 0.496 e. The number of aliphatic hydroxyl groups excluding tert-OH is 1. The second-order valence-electron chi connectivity index (χ2n) is 8.05. The summed E-state index contributed by atoms with van der Waals surface area (Å²) in [5.74, 6) is 0.508. The molecule has 3 heterocycles. The van der Waals surface area contributed by atoms with Crippen molar-refractivity contribution in [3.63, 3.8) is 0 Å². The van der Waals surface area contributed by atoms with E-state index in [1.54, 1.807) is 37.8 Å². The van der Waals surface area contributed by atoms with E-state index in [0.29, 0.717) is 63.1 Å². The predicted octanol–water partition coefficient (Wildman–Crippen LogP) is 4.21. The van der Waals surface area contributed by atoms with Crippen LogP contribution < -0.4 is 10.3 Å². The van der Waals surface area contributed by atoms with Crippen molar-refractivity contribution in [3.05, 3.63) is 66.4 Å². The Morgan fingerprint density at radius 3 is 2.67 bits per heavy atom. The van der Waals surface area contributed by atoms with Gasteiger partial charge in [-0.2, -0.15) is 0 Å². The number of fused-ring (bicyclic) bond motifs is 1. The topological polar surface area (TPSA) is 109 Å². The third kappa shape index (κ3) is 4.03. The standard InChI is InChI=1S/C23H23Cl2N3O5/c1-10-7-17(32-4)15(22(30)26-10)9-28-6-5-13-16(24)8-14(20(25)19(13)23(28)31)18-12(3)33-27-21(18)11(2)29/h7-8,11,29H,5-6,9H2,1-4H3,(H,26,30). The molecule has 10 heteroatoms. The number of aromatic amines is 1. The molecular weight excluding hydrogens is 469 g/mol. The molecule has 0 saturated heterocycles. The maximum atomic E-state index is 13.5. The molecule has 1 atom stereocenters. The lowest BCUT2D eigenvalue weighted by Crippen LogP contribution is -2.39. The van der Waals surface area contributed by atoms with E-state index in [9.17, 15) is 14.7 Å². The van der Waals surface area contributed by atoms with Crippen LogP contribution in [0.2, 0.25) is 10.0 Å². The quantitative estimate of drug-likeness (QED) is 0.553. The Balaban J connectivity index is 1.80. The van der Waals surface area contributed by atoms with Gasteiger partial charge in [-0.05, 0) is 44.9 Å². The number of hydrogen-bond donors (Lipinski definition) is 2. The molecule has 1 aromatic carbocycles. The Morgan fingerprint density at radius 1 is 1.27 bits per heavy atom. The predicted molar refractivity (Wildman–Crippen MR) is 124 cm³/mol. The van der Waals surface area contributed by atoms with Gasteiger partial charge in [0.25, 0.3) is 11.5 Å². The van der Waals surface area contributed by atoms with Crippen molar-refractivity contribution >= 4 is 29.1 Å². The average molecular weight is 492 g/mol. The number of H-pyrrole nitrogens is 1. The monoisotopic (exact) mass is 491 g/mol. The van der Waals surface area contributed by atoms with Gasteiger partial charge in [0.05, 0.1) is 41.5 Å². The van der Waals surface area contributed by atoms with Crippen LogP contribution in [-0.4, -0.2) is 39.7 Å². The molecule has 33 heavy (non-hydrogen) atoms. The zero-order valence-corrected chi connectivity index (χ0v) is 20.1. The van der Waals surface area contributed by atoms with Crippen molar-refractivity contribution < 1.29 is 19.2 Å². The number of pyridine rings is 1. The van der Waals surface area contributed by atoms with Gasteiger partial charge in [-0.3, -0.25) is 9.59 Å². The minimum absolute atomic E-state index is 0.0560. The highest BCUT2D eigenvalue weighted by atomic mass is 35.5. The molecule has 0 bridgehead atoms. The summed E-state index contributed by atoms with van der Waals surface area (Å²) in [5, 5.41) is 14.6. The van der Waals surface area contributed by atoms with E-state index in [0.717, 1.165) is 0 Å². The molecule has 0 aliphatic carbocycles. The molecule has 0 fully saturated rings. The van der Waals surface area contributed by atoms with Gasteiger partial charge in [-0.1, -0.05) is 28.4 Å². The Morgan fingerprint density at radius 2 is 2.00 bits per heavy atom. The number of carbonyl (C=O) groups excluding carboxylic acids is 1. The number of ether oxygens (including phenoxy) is 1. The molecule has 174 valence electrons. The van der Waals surface area contributed by atoms with Gasteiger partial charge < -0.3 is 24.3 Å². The zero-order chi connectivity index (χ0) is 24.0. The van der Waals surface area contributed by atoms with Crippen LogP contribution in [0.1, 0.15) is 51.7 Å². The number of amides is 1. The van der Waals surface area contributed by atoms with Gasteiger partial charge in [0.15, 0.2) is 0 Å². The summed E-state index contributed by atoms with van der Waals surface area (Å²) in [4.78, 5) is 30.4. The minimum atomic E-state index is -0.906. The number of carbonyl (C=O) groups is 1. The van der Waals surface area contributed by atoms with Crippen LogP contribution >= 0.6 is 23.2 Å². The molecule has 3 aromatic rings. The van der Waals surface area contributed by atoms with E-state index in [2.05, 4.69) is 10.1 Å². The molecule has 1 unspecified atom stereocenters. The number of aryl methyl sites for hydroxylation is 2. The Labute approximate surface area is 200 Å². The molecule has 0 saturated carbocycles. The molecule has 4 rings (SSSR count). The van der Waals surface area contributed by atoms with Crippen LogP contribution in [-0.2, 0) is 13.0 Å². The van der Waals surface area contributed by atoms with E-state index < -0.39 is 6.10 Å². The van der Waals surface area contributed by atoms with Gasteiger partial charge in [0, 0.05) is 22.8 Å². The van der Waals surface area contributed by atoms with Crippen molar-refractivity contribution in [1.29, 1.82) is 0 Å². The number of benzene rings is 1. The minimum Gasteiger partial charge on any atom is -0.496 e. The first kappa shape index (κ1) is 23.4. The Kier molecular flexibility index (Phi) is 6.26. The molecule has 2 N–H and O–H groups in total. The number of rotatable bonds is 5. The Bertz CT molecular complexity index is 1310. The Hall–Kier alpha value is -2.81. The number of nitrogens with zero attached hydrogens (tertiary/aromatic N) is 2. The fourth-order valence-electron chi connectivity index (χ4n) is 4.18. The second kappa shape index (κ2) is 8.85. The smallest absolute Gasteiger partial charge is 0.256 e. The van der Waals surface area contributed by atoms with Crippen molar-refractivity contribution in [2.45, 2.75) is 39.8 Å². The maximum absolute atomic E-state index is 13.5. The molecule has 8 nitrogen and oxygen atoms in total. The van der Waals surface area contributed by atoms with E-state index in [1.807, 2.05) is 0 Å². The van der Waals surface area contributed by atoms with E-state index in [1.165, 1.54) is 7.11 Å². The zero-order valence-electron chi connectivity index (χ0n) is 18.6. The second-order valence-corrected chi connectivity index (χ2v) is 8.84. The van der Waals surface area contributed by atoms with Gasteiger partial charge in [0.1, 0.15) is 17.2 Å². The number of aliphatic hydroxyl groups is 1. The lowest BCUT2D eigenvalue weighted by Gasteiger charge is -2.30. The summed E-state index contributed by atoms with van der Waals surface area (Å²) in [6.07, 6.45) is -0.436. The molecule has 1 aliphatic heterocycles. The normalized spacial score (nSPS) is 14.4. The highest BCUT2D eigenvalue weighted by Crippen LogP contribution is 2.43. The van der Waals surface area contributed by atoms with Gasteiger partial charge in [-0.25, -0.2) is 0 Å². The van der Waals surface area contributed by atoms with Gasteiger partial charge >= 0.3 is 0 Å². The third-order valence-corrected chi connectivity index (χ3v) is 6.53.